The minimum atomic E-state index is 0.683. The van der Waals surface area contributed by atoms with E-state index in [1.807, 2.05) is 26.0 Å². The van der Waals surface area contributed by atoms with Crippen LogP contribution in [0.1, 0.15) is 10.6 Å². The lowest BCUT2D eigenvalue weighted by molar-refractivity contribution is 0.355. The van der Waals surface area contributed by atoms with Gasteiger partial charge in [0.2, 0.25) is 0 Å². The van der Waals surface area contributed by atoms with Gasteiger partial charge in [0.15, 0.2) is 11.5 Å². The predicted octanol–water partition coefficient (Wildman–Crippen LogP) is 3.03. The molecule has 0 amide bonds. The highest BCUT2D eigenvalue weighted by Crippen LogP contribution is 2.38. The van der Waals surface area contributed by atoms with Crippen LogP contribution in [-0.2, 0) is 0 Å². The molecule has 96 valence electrons. The molecule has 0 fully saturated rings. The van der Waals surface area contributed by atoms with Crippen molar-refractivity contribution in [2.75, 3.05) is 20.0 Å². The second kappa shape index (κ2) is 4.86. The topological polar surface area (TPSA) is 57.4 Å². The summed E-state index contributed by atoms with van der Waals surface area (Å²) in [6, 6.07) is 3.85. The Hall–Kier alpha value is -1.75. The summed E-state index contributed by atoms with van der Waals surface area (Å²) < 4.78 is 10.6. The molecule has 0 saturated heterocycles. The van der Waals surface area contributed by atoms with Gasteiger partial charge in [0.1, 0.15) is 10.7 Å². The van der Waals surface area contributed by atoms with Crippen LogP contribution in [-0.4, -0.2) is 19.2 Å². The summed E-state index contributed by atoms with van der Waals surface area (Å²) in [5.41, 5.74) is 8.84. The number of nitrogens with two attached hydrogens (primary N) is 1. The van der Waals surface area contributed by atoms with E-state index in [9.17, 15) is 0 Å². The van der Waals surface area contributed by atoms with Crippen molar-refractivity contribution < 1.29 is 9.47 Å². The summed E-state index contributed by atoms with van der Waals surface area (Å²) in [4.78, 5) is 4.47. The molecule has 0 aliphatic carbocycles. The zero-order chi connectivity index (χ0) is 13.3. The Morgan fingerprint density at radius 1 is 1.11 bits per heavy atom. The van der Waals surface area contributed by atoms with Crippen LogP contribution >= 0.6 is 11.3 Å². The molecule has 4 nitrogen and oxygen atoms in total. The summed E-state index contributed by atoms with van der Waals surface area (Å²) in [5, 5.41) is 1.68. The number of aryl methyl sites for hydroxylation is 2. The van der Waals surface area contributed by atoms with Crippen LogP contribution < -0.4 is 15.2 Å². The lowest BCUT2D eigenvalue weighted by atomic mass is 10.0. The van der Waals surface area contributed by atoms with Gasteiger partial charge in [-0.05, 0) is 31.5 Å². The van der Waals surface area contributed by atoms with Crippen molar-refractivity contribution in [3.05, 3.63) is 22.7 Å². The molecule has 0 spiro atoms. The number of hydrogen-bond donors (Lipinski definition) is 1. The first kappa shape index (κ1) is 12.7. The molecule has 1 aromatic carbocycles. The van der Waals surface area contributed by atoms with Gasteiger partial charge in [-0.15, -0.1) is 11.3 Å². The highest BCUT2D eigenvalue weighted by molar-refractivity contribution is 7.16. The first-order valence-corrected chi connectivity index (χ1v) is 6.34. The molecule has 1 heterocycles. The number of ether oxygens (including phenoxy) is 2. The third kappa shape index (κ3) is 2.13. The first-order chi connectivity index (χ1) is 8.56. The van der Waals surface area contributed by atoms with Gasteiger partial charge < -0.3 is 15.2 Å². The quantitative estimate of drug-likeness (QED) is 0.925. The average Bonchev–Trinajstić information content (AvgIpc) is 2.68. The maximum absolute atomic E-state index is 5.99. The number of nitrogens with zero attached hydrogens (tertiary/aromatic N) is 1. The van der Waals surface area contributed by atoms with Gasteiger partial charge in [-0.2, -0.15) is 0 Å². The van der Waals surface area contributed by atoms with Crippen LogP contribution in [0.4, 0.5) is 5.00 Å². The molecule has 0 aliphatic heterocycles. The standard InChI is InChI=1S/C13H16N2O2S/c1-7-5-10(16-3)11(17-4)6-9(7)12-13(14)18-8(2)15-12/h5-6H,14H2,1-4H3. The number of thiazole rings is 1. The Bertz CT molecular complexity index is 579. The zero-order valence-corrected chi connectivity index (χ0v) is 11.7. The zero-order valence-electron chi connectivity index (χ0n) is 10.9. The smallest absolute Gasteiger partial charge is 0.161 e. The number of anilines is 1. The highest BCUT2D eigenvalue weighted by atomic mass is 32.1. The number of hydrogen-bond acceptors (Lipinski definition) is 5. The number of nitrogen functional groups attached to an aromatic ring is 1. The molecule has 18 heavy (non-hydrogen) atoms. The normalized spacial score (nSPS) is 10.4. The minimum Gasteiger partial charge on any atom is -0.493 e. The molecule has 0 radical (unpaired) electrons. The van der Waals surface area contributed by atoms with Crippen LogP contribution in [0.3, 0.4) is 0 Å². The largest absolute Gasteiger partial charge is 0.493 e. The summed E-state index contributed by atoms with van der Waals surface area (Å²) in [5.74, 6) is 1.40. The Balaban J connectivity index is 2.61. The SMILES string of the molecule is COc1cc(C)c(-c2nc(C)sc2N)cc1OC. The van der Waals surface area contributed by atoms with Crippen molar-refractivity contribution in [3.63, 3.8) is 0 Å². The van der Waals surface area contributed by atoms with E-state index in [1.165, 1.54) is 11.3 Å². The monoisotopic (exact) mass is 264 g/mol. The first-order valence-electron chi connectivity index (χ1n) is 5.52. The fourth-order valence-corrected chi connectivity index (χ4v) is 2.58. The van der Waals surface area contributed by atoms with Crippen molar-refractivity contribution in [2.24, 2.45) is 0 Å². The third-order valence-corrected chi connectivity index (χ3v) is 3.55. The number of methoxy groups -OCH3 is 2. The van der Waals surface area contributed by atoms with E-state index in [1.54, 1.807) is 14.2 Å². The highest BCUT2D eigenvalue weighted by Gasteiger charge is 2.15. The van der Waals surface area contributed by atoms with Crippen molar-refractivity contribution >= 4 is 16.3 Å². The maximum atomic E-state index is 5.99. The van der Waals surface area contributed by atoms with Crippen LogP contribution in [0.5, 0.6) is 11.5 Å². The Morgan fingerprint density at radius 2 is 1.72 bits per heavy atom. The fraction of sp³-hybridized carbons (Fsp3) is 0.308. The number of aromatic nitrogens is 1. The molecule has 0 aliphatic rings. The van der Waals surface area contributed by atoms with E-state index < -0.39 is 0 Å². The van der Waals surface area contributed by atoms with Crippen LogP contribution in [0, 0.1) is 13.8 Å². The van der Waals surface area contributed by atoms with Gasteiger partial charge >= 0.3 is 0 Å². The molecule has 0 unspecified atom stereocenters. The molecule has 2 aromatic rings. The minimum absolute atomic E-state index is 0.683. The molecule has 2 N–H and O–H groups in total. The molecular formula is C13H16N2O2S. The molecule has 1 aromatic heterocycles. The lowest BCUT2D eigenvalue weighted by Crippen LogP contribution is -1.95. The van der Waals surface area contributed by atoms with E-state index >= 15 is 0 Å². The Morgan fingerprint density at radius 3 is 2.22 bits per heavy atom. The summed E-state index contributed by atoms with van der Waals surface area (Å²) >= 11 is 1.49. The second-order valence-corrected chi connectivity index (χ2v) is 5.20. The number of benzene rings is 1. The van der Waals surface area contributed by atoms with Crippen LogP contribution in [0.2, 0.25) is 0 Å². The van der Waals surface area contributed by atoms with Crippen LogP contribution in [0.15, 0.2) is 12.1 Å². The van der Waals surface area contributed by atoms with Gasteiger partial charge in [0, 0.05) is 5.56 Å². The second-order valence-electron chi connectivity index (χ2n) is 3.97. The summed E-state index contributed by atoms with van der Waals surface area (Å²) in [6.45, 7) is 3.95. The van der Waals surface area contributed by atoms with E-state index in [4.69, 9.17) is 15.2 Å². The lowest BCUT2D eigenvalue weighted by Gasteiger charge is -2.11. The van der Waals surface area contributed by atoms with Crippen molar-refractivity contribution in [3.8, 4) is 22.8 Å². The van der Waals surface area contributed by atoms with E-state index in [0.29, 0.717) is 11.5 Å². The van der Waals surface area contributed by atoms with Crippen molar-refractivity contribution in [1.29, 1.82) is 0 Å². The Labute approximate surface area is 110 Å². The van der Waals surface area contributed by atoms with Gasteiger partial charge in [0.25, 0.3) is 0 Å². The van der Waals surface area contributed by atoms with E-state index in [-0.39, 0.29) is 0 Å². The fourth-order valence-electron chi connectivity index (χ4n) is 1.87. The van der Waals surface area contributed by atoms with Crippen molar-refractivity contribution in [1.82, 2.24) is 4.98 Å². The molecular weight excluding hydrogens is 248 g/mol. The van der Waals surface area contributed by atoms with Crippen molar-refractivity contribution in [2.45, 2.75) is 13.8 Å². The summed E-state index contributed by atoms with van der Waals surface area (Å²) in [7, 11) is 3.24. The summed E-state index contributed by atoms with van der Waals surface area (Å²) in [6.07, 6.45) is 0. The molecule has 2 rings (SSSR count). The molecule has 0 atom stereocenters. The molecule has 0 saturated carbocycles. The van der Waals surface area contributed by atoms with Gasteiger partial charge in [-0.25, -0.2) is 4.98 Å². The maximum Gasteiger partial charge on any atom is 0.161 e. The van der Waals surface area contributed by atoms with Gasteiger partial charge in [0.05, 0.1) is 19.2 Å². The van der Waals surface area contributed by atoms with Gasteiger partial charge in [-0.1, -0.05) is 0 Å². The number of rotatable bonds is 3. The van der Waals surface area contributed by atoms with E-state index in [2.05, 4.69) is 4.98 Å². The molecule has 5 heteroatoms. The van der Waals surface area contributed by atoms with E-state index in [0.717, 1.165) is 26.8 Å². The average molecular weight is 264 g/mol. The molecule has 0 bridgehead atoms. The van der Waals surface area contributed by atoms with Gasteiger partial charge in [-0.3, -0.25) is 0 Å². The van der Waals surface area contributed by atoms with Crippen LogP contribution in [0.25, 0.3) is 11.3 Å². The third-order valence-electron chi connectivity index (χ3n) is 2.75. The Kier molecular flexibility index (Phi) is 3.43. The predicted molar refractivity (Wildman–Crippen MR) is 74.5 cm³/mol.